The Kier molecular flexibility index (Phi) is 11.4. The summed E-state index contributed by atoms with van der Waals surface area (Å²) in [6.45, 7) is 6.57. The summed E-state index contributed by atoms with van der Waals surface area (Å²) in [7, 11) is 0. The maximum atomic E-state index is 5.92. The van der Waals surface area contributed by atoms with Gasteiger partial charge in [0.1, 0.15) is 5.75 Å². The highest BCUT2D eigenvalue weighted by atomic mass is 16.5. The Bertz CT molecular complexity index is 651. The highest BCUT2D eigenvalue weighted by molar-refractivity contribution is 5.55. The van der Waals surface area contributed by atoms with E-state index in [0.29, 0.717) is 0 Å². The molecule has 1 aromatic heterocycles. The van der Waals surface area contributed by atoms with Gasteiger partial charge in [-0.3, -0.25) is 0 Å². The molecule has 160 valence electrons. The minimum atomic E-state index is 0.252. The van der Waals surface area contributed by atoms with Gasteiger partial charge in [0.05, 0.1) is 6.10 Å². The van der Waals surface area contributed by atoms with E-state index in [9.17, 15) is 0 Å². The Morgan fingerprint density at radius 1 is 0.759 bits per heavy atom. The lowest BCUT2D eigenvalue weighted by molar-refractivity contribution is 0.210. The van der Waals surface area contributed by atoms with Crippen molar-refractivity contribution in [3.8, 4) is 17.1 Å². The standard InChI is InChI=1S/C26H40N2O/c1-4-6-7-8-9-10-11-12-13-15-23-20-27-26(28-21-23)24-16-18-25(19-17-24)29-22(3)14-5-2/h16-22H,4-15H2,1-3H3/t22-/m1/s1. The van der Waals surface area contributed by atoms with E-state index in [4.69, 9.17) is 4.74 Å². The second-order valence-electron chi connectivity index (χ2n) is 8.23. The summed E-state index contributed by atoms with van der Waals surface area (Å²) < 4.78 is 5.92. The van der Waals surface area contributed by atoms with Gasteiger partial charge in [0.25, 0.3) is 0 Å². The van der Waals surface area contributed by atoms with Crippen molar-refractivity contribution in [3.63, 3.8) is 0 Å². The molecule has 0 aliphatic heterocycles. The third-order valence-corrected chi connectivity index (χ3v) is 5.42. The molecular formula is C26H40N2O. The number of hydrogen-bond donors (Lipinski definition) is 0. The summed E-state index contributed by atoms with van der Waals surface area (Å²) >= 11 is 0. The highest BCUT2D eigenvalue weighted by Crippen LogP contribution is 2.21. The van der Waals surface area contributed by atoms with Gasteiger partial charge >= 0.3 is 0 Å². The molecule has 1 aromatic carbocycles. The van der Waals surface area contributed by atoms with Crippen molar-refractivity contribution in [2.75, 3.05) is 0 Å². The third-order valence-electron chi connectivity index (χ3n) is 5.42. The fourth-order valence-corrected chi connectivity index (χ4v) is 3.65. The zero-order chi connectivity index (χ0) is 20.7. The number of benzene rings is 1. The summed E-state index contributed by atoms with van der Waals surface area (Å²) in [5, 5.41) is 0. The summed E-state index contributed by atoms with van der Waals surface area (Å²) in [6, 6.07) is 8.12. The molecule has 2 aromatic rings. The van der Waals surface area contributed by atoms with Crippen molar-refractivity contribution in [2.24, 2.45) is 0 Å². The number of hydrogen-bond acceptors (Lipinski definition) is 3. The van der Waals surface area contributed by atoms with Crippen molar-refractivity contribution in [1.29, 1.82) is 0 Å². The van der Waals surface area contributed by atoms with Gasteiger partial charge in [-0.1, -0.05) is 71.6 Å². The molecule has 0 radical (unpaired) electrons. The lowest BCUT2D eigenvalue weighted by atomic mass is 10.1. The molecular weight excluding hydrogens is 356 g/mol. The smallest absolute Gasteiger partial charge is 0.159 e. The van der Waals surface area contributed by atoms with E-state index in [0.717, 1.165) is 36.4 Å². The van der Waals surface area contributed by atoms with Gasteiger partial charge in [0.2, 0.25) is 0 Å². The average molecular weight is 397 g/mol. The van der Waals surface area contributed by atoms with Crippen LogP contribution in [0.15, 0.2) is 36.7 Å². The van der Waals surface area contributed by atoms with E-state index in [1.165, 1.54) is 63.4 Å². The predicted octanol–water partition coefficient (Wildman–Crippen LogP) is 7.78. The van der Waals surface area contributed by atoms with Crippen LogP contribution in [0.5, 0.6) is 5.75 Å². The van der Waals surface area contributed by atoms with Crippen molar-refractivity contribution in [3.05, 3.63) is 42.2 Å². The fraction of sp³-hybridized carbons (Fsp3) is 0.615. The number of aromatic nitrogens is 2. The number of aryl methyl sites for hydroxylation is 1. The third kappa shape index (κ3) is 9.43. The molecule has 0 saturated heterocycles. The molecule has 2 rings (SSSR count). The molecule has 29 heavy (non-hydrogen) atoms. The van der Waals surface area contributed by atoms with E-state index in [1.807, 2.05) is 36.7 Å². The molecule has 0 fully saturated rings. The van der Waals surface area contributed by atoms with Gasteiger partial charge in [-0.15, -0.1) is 0 Å². The normalized spacial score (nSPS) is 12.1. The maximum absolute atomic E-state index is 5.92. The van der Waals surface area contributed by atoms with Crippen molar-refractivity contribution in [2.45, 2.75) is 104 Å². The minimum absolute atomic E-state index is 0.252. The van der Waals surface area contributed by atoms with E-state index in [-0.39, 0.29) is 6.10 Å². The van der Waals surface area contributed by atoms with Crippen LogP contribution in [0, 0.1) is 0 Å². The van der Waals surface area contributed by atoms with E-state index >= 15 is 0 Å². The summed E-state index contributed by atoms with van der Waals surface area (Å²) in [5.41, 5.74) is 2.28. The second-order valence-corrected chi connectivity index (χ2v) is 8.23. The Balaban J connectivity index is 1.69. The van der Waals surface area contributed by atoms with Crippen LogP contribution in [0.2, 0.25) is 0 Å². The second kappa shape index (κ2) is 14.1. The topological polar surface area (TPSA) is 35.0 Å². The number of ether oxygens (including phenoxy) is 1. The highest BCUT2D eigenvalue weighted by Gasteiger charge is 2.05. The molecule has 0 aliphatic carbocycles. The fourth-order valence-electron chi connectivity index (χ4n) is 3.65. The van der Waals surface area contributed by atoms with E-state index in [2.05, 4.69) is 30.7 Å². The molecule has 0 spiro atoms. The number of rotatable bonds is 15. The van der Waals surface area contributed by atoms with Gasteiger partial charge in [0, 0.05) is 18.0 Å². The molecule has 0 saturated carbocycles. The van der Waals surface area contributed by atoms with E-state index in [1.54, 1.807) is 0 Å². The number of unbranched alkanes of at least 4 members (excludes halogenated alkanes) is 8. The van der Waals surface area contributed by atoms with Crippen LogP contribution in [0.4, 0.5) is 0 Å². The summed E-state index contributed by atoms with van der Waals surface area (Å²) in [4.78, 5) is 9.15. The Morgan fingerprint density at radius 2 is 1.34 bits per heavy atom. The number of nitrogens with zero attached hydrogens (tertiary/aromatic N) is 2. The largest absolute Gasteiger partial charge is 0.491 e. The maximum Gasteiger partial charge on any atom is 0.159 e. The first-order chi connectivity index (χ1) is 14.2. The first-order valence-electron chi connectivity index (χ1n) is 11.8. The van der Waals surface area contributed by atoms with Crippen LogP contribution in [0.1, 0.15) is 97.0 Å². The molecule has 0 amide bonds. The molecule has 3 heteroatoms. The van der Waals surface area contributed by atoms with Gasteiger partial charge in [-0.25, -0.2) is 9.97 Å². The van der Waals surface area contributed by atoms with Crippen LogP contribution in [-0.2, 0) is 6.42 Å². The zero-order valence-electron chi connectivity index (χ0n) is 18.8. The lowest BCUT2D eigenvalue weighted by Crippen LogP contribution is -2.10. The average Bonchev–Trinajstić information content (AvgIpc) is 2.74. The lowest BCUT2D eigenvalue weighted by Gasteiger charge is -2.13. The van der Waals surface area contributed by atoms with Crippen LogP contribution in [0.3, 0.4) is 0 Å². The first-order valence-corrected chi connectivity index (χ1v) is 11.8. The van der Waals surface area contributed by atoms with Crippen molar-refractivity contribution in [1.82, 2.24) is 9.97 Å². The molecule has 1 heterocycles. The quantitative estimate of drug-likeness (QED) is 0.288. The summed E-state index contributed by atoms with van der Waals surface area (Å²) in [6.07, 6.45) is 19.8. The van der Waals surface area contributed by atoms with Gasteiger partial charge in [0.15, 0.2) is 5.82 Å². The molecule has 0 aliphatic rings. The van der Waals surface area contributed by atoms with Crippen molar-refractivity contribution >= 4 is 0 Å². The molecule has 0 N–H and O–H groups in total. The summed E-state index contributed by atoms with van der Waals surface area (Å²) in [5.74, 6) is 1.70. The Labute approximate surface area is 178 Å². The molecule has 3 nitrogen and oxygen atoms in total. The van der Waals surface area contributed by atoms with Crippen LogP contribution in [0.25, 0.3) is 11.4 Å². The van der Waals surface area contributed by atoms with Crippen molar-refractivity contribution < 1.29 is 4.74 Å². The molecule has 0 unspecified atom stereocenters. The zero-order valence-corrected chi connectivity index (χ0v) is 18.8. The monoisotopic (exact) mass is 396 g/mol. The van der Waals surface area contributed by atoms with Gasteiger partial charge < -0.3 is 4.74 Å². The van der Waals surface area contributed by atoms with Crippen LogP contribution in [-0.4, -0.2) is 16.1 Å². The predicted molar refractivity (Wildman–Crippen MR) is 123 cm³/mol. The van der Waals surface area contributed by atoms with Gasteiger partial charge in [-0.2, -0.15) is 0 Å². The minimum Gasteiger partial charge on any atom is -0.491 e. The first kappa shape index (κ1) is 23.4. The van der Waals surface area contributed by atoms with Crippen LogP contribution >= 0.6 is 0 Å². The SMILES string of the molecule is CCCCCCCCCCCc1cnc(-c2ccc(O[C@H](C)CCC)cc2)nc1. The molecule has 0 bridgehead atoms. The van der Waals surface area contributed by atoms with Crippen LogP contribution < -0.4 is 4.74 Å². The Morgan fingerprint density at radius 3 is 1.93 bits per heavy atom. The molecule has 1 atom stereocenters. The van der Waals surface area contributed by atoms with E-state index < -0.39 is 0 Å². The van der Waals surface area contributed by atoms with Gasteiger partial charge in [-0.05, 0) is 56.0 Å². The Hall–Kier alpha value is -1.90.